The molecule has 3 aliphatic carbocycles. The van der Waals surface area contributed by atoms with Gasteiger partial charge in [0.2, 0.25) is 0 Å². The molecule has 7 rings (SSSR count). The Morgan fingerprint density at radius 2 is 1.14 bits per heavy atom. The van der Waals surface area contributed by atoms with E-state index >= 15 is 0 Å². The lowest BCUT2D eigenvalue weighted by molar-refractivity contribution is -0.121. The molecule has 0 saturated heterocycles. The molecule has 4 aromatic carbocycles. The molecule has 2 heteroatoms. The first-order valence-corrected chi connectivity index (χ1v) is 12.9. The van der Waals surface area contributed by atoms with Crippen molar-refractivity contribution < 1.29 is 9.59 Å². The average molecular weight is 479 g/mol. The van der Waals surface area contributed by atoms with E-state index in [1.54, 1.807) is 6.08 Å². The maximum atomic E-state index is 14.5. The van der Waals surface area contributed by atoms with Gasteiger partial charge in [-0.2, -0.15) is 0 Å². The van der Waals surface area contributed by atoms with Gasteiger partial charge >= 0.3 is 0 Å². The van der Waals surface area contributed by atoms with Gasteiger partial charge in [-0.3, -0.25) is 9.59 Å². The van der Waals surface area contributed by atoms with E-state index < -0.39 is 5.92 Å². The summed E-state index contributed by atoms with van der Waals surface area (Å²) in [5, 5.41) is 0. The number of hydrogen-bond donors (Lipinski definition) is 0. The minimum absolute atomic E-state index is 0.00570. The van der Waals surface area contributed by atoms with Gasteiger partial charge in [-0.1, -0.05) is 109 Å². The zero-order chi connectivity index (χ0) is 25.1. The molecule has 0 amide bonds. The van der Waals surface area contributed by atoms with E-state index in [4.69, 9.17) is 0 Å². The Morgan fingerprint density at radius 3 is 1.73 bits per heavy atom. The molecule has 1 fully saturated rings. The second-order valence-electron chi connectivity index (χ2n) is 10.4. The Morgan fingerprint density at radius 1 is 0.595 bits per heavy atom. The normalized spacial score (nSPS) is 23.7. The quantitative estimate of drug-likeness (QED) is 0.287. The van der Waals surface area contributed by atoms with Crippen LogP contribution in [0.25, 0.3) is 0 Å². The molecule has 0 N–H and O–H groups in total. The van der Waals surface area contributed by atoms with Crippen molar-refractivity contribution in [3.63, 3.8) is 0 Å². The average Bonchev–Trinajstić information content (AvgIpc) is 2.93. The van der Waals surface area contributed by atoms with Crippen molar-refractivity contribution in [3.8, 4) is 0 Å². The van der Waals surface area contributed by atoms with Gasteiger partial charge in [-0.15, -0.1) is 0 Å². The number of carbonyl (C=O) groups is 2. The number of allylic oxidation sites excluding steroid dienone is 4. The zero-order valence-corrected chi connectivity index (χ0v) is 20.6. The summed E-state index contributed by atoms with van der Waals surface area (Å²) in [6.45, 7) is 2.06. The molecular weight excluding hydrogens is 452 g/mol. The van der Waals surface area contributed by atoms with Crippen molar-refractivity contribution in [2.24, 2.45) is 0 Å². The molecule has 4 unspecified atom stereocenters. The van der Waals surface area contributed by atoms with E-state index in [-0.39, 0.29) is 29.3 Å². The number of aryl methyl sites for hydroxylation is 1. The van der Waals surface area contributed by atoms with E-state index in [1.807, 2.05) is 60.7 Å². The highest BCUT2D eigenvalue weighted by Crippen LogP contribution is 2.59. The fourth-order valence-electron chi connectivity index (χ4n) is 6.77. The maximum absolute atomic E-state index is 14.5. The molecule has 0 radical (unpaired) electrons. The lowest BCUT2D eigenvalue weighted by Gasteiger charge is -2.46. The first-order valence-electron chi connectivity index (χ1n) is 12.9. The Kier molecular flexibility index (Phi) is 4.97. The van der Waals surface area contributed by atoms with Gasteiger partial charge in [0.05, 0.1) is 11.8 Å². The molecule has 0 bridgehead atoms. The van der Waals surface area contributed by atoms with Crippen molar-refractivity contribution in [2.45, 2.75) is 30.6 Å². The molecule has 178 valence electrons. The largest absolute Gasteiger partial charge is 0.298 e. The van der Waals surface area contributed by atoms with E-state index in [0.717, 1.165) is 39.0 Å². The molecule has 0 spiro atoms. The lowest BCUT2D eigenvalue weighted by Crippen LogP contribution is -2.38. The van der Waals surface area contributed by atoms with Gasteiger partial charge in [0.1, 0.15) is 0 Å². The number of Topliss-reactive ketones (excluding diaryl/α,β-unsaturated/α-hetero) is 1. The number of hydrogen-bond acceptors (Lipinski definition) is 2. The molecule has 4 atom stereocenters. The molecule has 0 heterocycles. The predicted molar refractivity (Wildman–Crippen MR) is 146 cm³/mol. The summed E-state index contributed by atoms with van der Waals surface area (Å²) in [7, 11) is 0. The smallest absolute Gasteiger partial charge is 0.186 e. The number of ketones is 2. The molecule has 2 nitrogen and oxygen atoms in total. The summed E-state index contributed by atoms with van der Waals surface area (Å²) in [4.78, 5) is 28.1. The van der Waals surface area contributed by atoms with Crippen LogP contribution in [0.2, 0.25) is 0 Å². The third-order valence-electron chi connectivity index (χ3n) is 8.23. The summed E-state index contributed by atoms with van der Waals surface area (Å²) < 4.78 is 0. The van der Waals surface area contributed by atoms with Crippen LogP contribution in [0.1, 0.15) is 67.4 Å². The van der Waals surface area contributed by atoms with Crippen LogP contribution in [-0.2, 0) is 4.79 Å². The van der Waals surface area contributed by atoms with Gasteiger partial charge in [-0.05, 0) is 58.0 Å². The third-order valence-corrected chi connectivity index (χ3v) is 8.23. The molecule has 0 aromatic heterocycles. The van der Waals surface area contributed by atoms with Crippen molar-refractivity contribution in [2.75, 3.05) is 0 Å². The highest BCUT2D eigenvalue weighted by Gasteiger charge is 2.50. The standard InChI is InChI=1S/C35H26O2/c1-21-17-26-25(22-11-5-2-6-12-22)19-28-31(23-13-7-3-8-14-23)35(37)32(24-15-9-4-10-16-24)29-20-30(36)27(18-21)33(26)34(28)29/h2-20,25,31-32,34H,1H3. The van der Waals surface area contributed by atoms with Crippen molar-refractivity contribution in [1.82, 2.24) is 0 Å². The fraction of sp³-hybridized carbons (Fsp3) is 0.143. The summed E-state index contributed by atoms with van der Waals surface area (Å²) in [6.07, 6.45) is 4.09. The Labute approximate surface area is 217 Å². The minimum atomic E-state index is -0.451. The fourth-order valence-corrected chi connectivity index (χ4v) is 6.77. The first-order chi connectivity index (χ1) is 18.1. The summed E-state index contributed by atoms with van der Waals surface area (Å²) in [6, 6.07) is 34.8. The highest BCUT2D eigenvalue weighted by molar-refractivity contribution is 6.12. The van der Waals surface area contributed by atoms with Crippen molar-refractivity contribution in [3.05, 3.63) is 165 Å². The third kappa shape index (κ3) is 3.33. The van der Waals surface area contributed by atoms with E-state index in [2.05, 4.69) is 55.5 Å². The SMILES string of the molecule is Cc1cc2c3c(c1)C(c1ccccc1)C=C1C(c4ccccc4)C(=O)C(c4ccccc4)C(=CC2=O)C13. The van der Waals surface area contributed by atoms with Gasteiger partial charge in [0.25, 0.3) is 0 Å². The minimum Gasteiger partial charge on any atom is -0.298 e. The second kappa shape index (κ2) is 8.38. The Balaban J connectivity index is 1.55. The van der Waals surface area contributed by atoms with Crippen LogP contribution in [0.15, 0.2) is 126 Å². The van der Waals surface area contributed by atoms with Crippen LogP contribution >= 0.6 is 0 Å². The summed E-state index contributed by atoms with van der Waals surface area (Å²) in [5.74, 6) is -0.767. The molecular formula is C35H26O2. The van der Waals surface area contributed by atoms with Crippen LogP contribution in [0.5, 0.6) is 0 Å². The topological polar surface area (TPSA) is 34.1 Å². The molecule has 37 heavy (non-hydrogen) atoms. The summed E-state index contributed by atoms with van der Waals surface area (Å²) in [5.41, 5.74) is 9.31. The van der Waals surface area contributed by atoms with Crippen LogP contribution in [0, 0.1) is 6.92 Å². The molecule has 4 aromatic rings. The zero-order valence-electron chi connectivity index (χ0n) is 20.6. The van der Waals surface area contributed by atoms with Crippen LogP contribution in [0.4, 0.5) is 0 Å². The van der Waals surface area contributed by atoms with Gasteiger partial charge < -0.3 is 0 Å². The van der Waals surface area contributed by atoms with Gasteiger partial charge in [0.15, 0.2) is 11.6 Å². The predicted octanol–water partition coefficient (Wildman–Crippen LogP) is 7.42. The van der Waals surface area contributed by atoms with Crippen molar-refractivity contribution in [1.29, 1.82) is 0 Å². The van der Waals surface area contributed by atoms with Gasteiger partial charge in [-0.25, -0.2) is 0 Å². The highest BCUT2D eigenvalue weighted by atomic mass is 16.1. The van der Waals surface area contributed by atoms with Crippen molar-refractivity contribution >= 4 is 11.6 Å². The van der Waals surface area contributed by atoms with E-state index in [1.165, 1.54) is 11.1 Å². The molecule has 3 aliphatic rings. The molecule has 0 aliphatic heterocycles. The number of rotatable bonds is 3. The molecule has 1 saturated carbocycles. The monoisotopic (exact) mass is 478 g/mol. The Bertz CT molecular complexity index is 1610. The maximum Gasteiger partial charge on any atom is 0.186 e. The number of benzene rings is 4. The van der Waals surface area contributed by atoms with Crippen LogP contribution in [0.3, 0.4) is 0 Å². The number of carbonyl (C=O) groups excluding carboxylic acids is 2. The lowest BCUT2D eigenvalue weighted by atomic mass is 9.56. The van der Waals surface area contributed by atoms with Crippen LogP contribution < -0.4 is 0 Å². The van der Waals surface area contributed by atoms with Crippen LogP contribution in [-0.4, -0.2) is 11.6 Å². The summed E-state index contributed by atoms with van der Waals surface area (Å²) >= 11 is 0. The first kappa shape index (κ1) is 21.9. The Hall–Kier alpha value is -4.30. The van der Waals surface area contributed by atoms with E-state index in [0.29, 0.717) is 0 Å². The van der Waals surface area contributed by atoms with Gasteiger partial charge in [0, 0.05) is 17.4 Å². The second-order valence-corrected chi connectivity index (χ2v) is 10.4. The van der Waals surface area contributed by atoms with E-state index in [9.17, 15) is 9.59 Å².